The second-order valence-corrected chi connectivity index (χ2v) is 6.05. The van der Waals surface area contributed by atoms with E-state index < -0.39 is 0 Å². The molecule has 0 radical (unpaired) electrons. The van der Waals surface area contributed by atoms with E-state index >= 15 is 0 Å². The minimum absolute atomic E-state index is 0.699. The Morgan fingerprint density at radius 1 is 1.40 bits per heavy atom. The van der Waals surface area contributed by atoms with Crippen LogP contribution in [0.25, 0.3) is 11.0 Å². The number of benzene rings is 1. The molecule has 2 aromatic rings. The fourth-order valence-corrected chi connectivity index (χ4v) is 3.45. The van der Waals surface area contributed by atoms with Crippen molar-refractivity contribution >= 4 is 11.0 Å². The number of nitrogens with one attached hydrogen (secondary N) is 1. The van der Waals surface area contributed by atoms with E-state index in [0.717, 1.165) is 24.4 Å². The number of imidazole rings is 1. The summed E-state index contributed by atoms with van der Waals surface area (Å²) in [5.41, 5.74) is 2.41. The minimum atomic E-state index is 0.699. The lowest BCUT2D eigenvalue weighted by atomic mass is 9.85. The molecule has 20 heavy (non-hydrogen) atoms. The van der Waals surface area contributed by atoms with Crippen LogP contribution in [-0.2, 0) is 13.0 Å². The van der Waals surface area contributed by atoms with E-state index in [2.05, 4.69) is 48.0 Å². The van der Waals surface area contributed by atoms with Gasteiger partial charge in [-0.25, -0.2) is 4.98 Å². The van der Waals surface area contributed by atoms with E-state index in [4.69, 9.17) is 4.98 Å². The number of nitrogens with zero attached hydrogens (tertiary/aromatic N) is 2. The molecule has 3 nitrogen and oxygen atoms in total. The van der Waals surface area contributed by atoms with Crippen molar-refractivity contribution in [2.45, 2.75) is 39.7 Å². The van der Waals surface area contributed by atoms with Gasteiger partial charge in [0.05, 0.1) is 11.0 Å². The van der Waals surface area contributed by atoms with Gasteiger partial charge in [-0.2, -0.15) is 0 Å². The molecule has 0 saturated carbocycles. The van der Waals surface area contributed by atoms with Crippen LogP contribution in [0.4, 0.5) is 0 Å². The summed E-state index contributed by atoms with van der Waals surface area (Å²) in [4.78, 5) is 4.86. The monoisotopic (exact) mass is 271 g/mol. The van der Waals surface area contributed by atoms with Gasteiger partial charge in [-0.15, -0.1) is 0 Å². The highest BCUT2D eigenvalue weighted by Gasteiger charge is 2.22. The molecule has 1 fully saturated rings. The second-order valence-electron chi connectivity index (χ2n) is 6.05. The van der Waals surface area contributed by atoms with Gasteiger partial charge >= 0.3 is 0 Å². The zero-order chi connectivity index (χ0) is 13.9. The summed E-state index contributed by atoms with van der Waals surface area (Å²) in [5, 5.41) is 3.53. The van der Waals surface area contributed by atoms with Crippen molar-refractivity contribution in [2.75, 3.05) is 13.1 Å². The number of piperidine rings is 1. The van der Waals surface area contributed by atoms with Gasteiger partial charge in [0, 0.05) is 13.0 Å². The SMILES string of the molecule is CCn1c(CC(C)C2CCCNC2)nc2ccccc21. The number of aryl methyl sites for hydroxylation is 1. The Hall–Kier alpha value is -1.35. The third-order valence-electron chi connectivity index (χ3n) is 4.69. The van der Waals surface area contributed by atoms with Gasteiger partial charge in [0.1, 0.15) is 5.82 Å². The molecule has 1 aliphatic heterocycles. The zero-order valence-corrected chi connectivity index (χ0v) is 12.6. The molecule has 2 atom stereocenters. The molecule has 1 N–H and O–H groups in total. The van der Waals surface area contributed by atoms with Crippen molar-refractivity contribution in [3.05, 3.63) is 30.1 Å². The van der Waals surface area contributed by atoms with Crippen LogP contribution in [0, 0.1) is 11.8 Å². The van der Waals surface area contributed by atoms with Crippen molar-refractivity contribution in [1.82, 2.24) is 14.9 Å². The highest BCUT2D eigenvalue weighted by Crippen LogP contribution is 2.25. The van der Waals surface area contributed by atoms with Crippen molar-refractivity contribution in [3.63, 3.8) is 0 Å². The molecule has 1 saturated heterocycles. The standard InChI is InChI=1S/C17H25N3/c1-3-20-16-9-5-4-8-15(16)19-17(20)11-13(2)14-7-6-10-18-12-14/h4-5,8-9,13-14,18H,3,6-7,10-12H2,1-2H3. The normalized spacial score (nSPS) is 21.2. The van der Waals surface area contributed by atoms with Crippen LogP contribution in [0.3, 0.4) is 0 Å². The first-order valence-electron chi connectivity index (χ1n) is 7.94. The maximum atomic E-state index is 4.86. The Morgan fingerprint density at radius 2 is 2.25 bits per heavy atom. The molecule has 0 aliphatic carbocycles. The van der Waals surface area contributed by atoms with Crippen LogP contribution < -0.4 is 5.32 Å². The largest absolute Gasteiger partial charge is 0.328 e. The van der Waals surface area contributed by atoms with Crippen LogP contribution in [0.15, 0.2) is 24.3 Å². The van der Waals surface area contributed by atoms with Gasteiger partial charge in [0.25, 0.3) is 0 Å². The van der Waals surface area contributed by atoms with Gasteiger partial charge < -0.3 is 9.88 Å². The molecule has 0 spiro atoms. The Bertz CT molecular complexity index is 567. The van der Waals surface area contributed by atoms with Crippen molar-refractivity contribution in [2.24, 2.45) is 11.8 Å². The molecule has 1 aromatic heterocycles. The molecule has 2 unspecified atom stereocenters. The summed E-state index contributed by atoms with van der Waals surface area (Å²) < 4.78 is 2.38. The summed E-state index contributed by atoms with van der Waals surface area (Å²) in [6.07, 6.45) is 3.77. The lowest BCUT2D eigenvalue weighted by Crippen LogP contribution is -2.34. The highest BCUT2D eigenvalue weighted by molar-refractivity contribution is 5.75. The highest BCUT2D eigenvalue weighted by atomic mass is 15.1. The first kappa shape index (κ1) is 13.6. The number of rotatable bonds is 4. The van der Waals surface area contributed by atoms with Crippen molar-refractivity contribution in [3.8, 4) is 0 Å². The third kappa shape index (κ3) is 2.59. The second kappa shape index (κ2) is 5.96. The van der Waals surface area contributed by atoms with Crippen LogP contribution in [0.1, 0.15) is 32.5 Å². The molecular formula is C17H25N3. The van der Waals surface area contributed by atoms with Gasteiger partial charge in [-0.05, 0) is 56.8 Å². The predicted octanol–water partition coefficient (Wildman–Crippen LogP) is 3.23. The lowest BCUT2D eigenvalue weighted by Gasteiger charge is -2.28. The number of hydrogen-bond donors (Lipinski definition) is 1. The molecule has 2 heterocycles. The molecule has 3 heteroatoms. The quantitative estimate of drug-likeness (QED) is 0.925. The summed E-state index contributed by atoms with van der Waals surface area (Å²) in [5.74, 6) is 2.76. The van der Waals surface area contributed by atoms with E-state index in [1.165, 1.54) is 37.3 Å². The van der Waals surface area contributed by atoms with Gasteiger partial charge in [0.2, 0.25) is 0 Å². The summed E-state index contributed by atoms with van der Waals surface area (Å²) in [6, 6.07) is 8.49. The van der Waals surface area contributed by atoms with Gasteiger partial charge in [-0.1, -0.05) is 19.1 Å². The number of para-hydroxylation sites is 2. The van der Waals surface area contributed by atoms with E-state index in [9.17, 15) is 0 Å². The first-order valence-corrected chi connectivity index (χ1v) is 7.94. The maximum absolute atomic E-state index is 4.86. The molecule has 0 bridgehead atoms. The average Bonchev–Trinajstić information content (AvgIpc) is 2.85. The summed E-state index contributed by atoms with van der Waals surface area (Å²) in [7, 11) is 0. The first-order chi connectivity index (χ1) is 9.79. The average molecular weight is 271 g/mol. The molecule has 3 rings (SSSR count). The number of fused-ring (bicyclic) bond motifs is 1. The fraction of sp³-hybridized carbons (Fsp3) is 0.588. The molecule has 1 aliphatic rings. The van der Waals surface area contributed by atoms with E-state index in [0.29, 0.717) is 5.92 Å². The maximum Gasteiger partial charge on any atom is 0.110 e. The third-order valence-corrected chi connectivity index (χ3v) is 4.69. The van der Waals surface area contributed by atoms with E-state index in [1.807, 2.05) is 0 Å². The Labute approximate surface area is 121 Å². The summed E-state index contributed by atoms with van der Waals surface area (Å²) >= 11 is 0. The summed E-state index contributed by atoms with van der Waals surface area (Å²) in [6.45, 7) is 7.97. The smallest absolute Gasteiger partial charge is 0.110 e. The van der Waals surface area contributed by atoms with Crippen molar-refractivity contribution < 1.29 is 0 Å². The zero-order valence-electron chi connectivity index (χ0n) is 12.6. The van der Waals surface area contributed by atoms with Crippen LogP contribution in [0.5, 0.6) is 0 Å². The Kier molecular flexibility index (Phi) is 4.06. The van der Waals surface area contributed by atoms with Crippen LogP contribution in [-0.4, -0.2) is 22.6 Å². The van der Waals surface area contributed by atoms with Gasteiger partial charge in [-0.3, -0.25) is 0 Å². The van der Waals surface area contributed by atoms with Crippen molar-refractivity contribution in [1.29, 1.82) is 0 Å². The lowest BCUT2D eigenvalue weighted by molar-refractivity contribution is 0.274. The Balaban J connectivity index is 1.82. The molecule has 0 amide bonds. The van der Waals surface area contributed by atoms with Gasteiger partial charge in [0.15, 0.2) is 0 Å². The number of hydrogen-bond acceptors (Lipinski definition) is 2. The van der Waals surface area contributed by atoms with Crippen LogP contribution >= 0.6 is 0 Å². The fourth-order valence-electron chi connectivity index (χ4n) is 3.45. The molecule has 1 aromatic carbocycles. The number of aromatic nitrogens is 2. The minimum Gasteiger partial charge on any atom is -0.328 e. The molecule has 108 valence electrons. The predicted molar refractivity (Wildman–Crippen MR) is 83.9 cm³/mol. The van der Waals surface area contributed by atoms with Crippen LogP contribution in [0.2, 0.25) is 0 Å². The van der Waals surface area contributed by atoms with E-state index in [1.54, 1.807) is 0 Å². The van der Waals surface area contributed by atoms with E-state index in [-0.39, 0.29) is 0 Å². The Morgan fingerprint density at radius 3 is 3.00 bits per heavy atom. The molecular weight excluding hydrogens is 246 g/mol. The topological polar surface area (TPSA) is 29.9 Å².